The minimum Gasteiger partial charge on any atom is -0.497 e. The number of para-hydroxylation sites is 1. The summed E-state index contributed by atoms with van der Waals surface area (Å²) < 4.78 is 5.26. The largest absolute Gasteiger partial charge is 0.497 e. The molecule has 0 aliphatic rings. The Balaban J connectivity index is 1.34. The Hall–Kier alpha value is -4.19. The van der Waals surface area contributed by atoms with Gasteiger partial charge in [0.15, 0.2) is 0 Å². The monoisotopic (exact) mass is 435 g/mol. The number of benzene rings is 2. The van der Waals surface area contributed by atoms with Crippen LogP contribution in [0.3, 0.4) is 0 Å². The van der Waals surface area contributed by atoms with Crippen LogP contribution in [0.4, 0.5) is 5.82 Å². The van der Waals surface area contributed by atoms with Crippen LogP contribution in [0.15, 0.2) is 79.3 Å². The minimum atomic E-state index is 0.719. The van der Waals surface area contributed by atoms with Crippen LogP contribution < -0.4 is 10.1 Å². The highest BCUT2D eigenvalue weighted by atomic mass is 16.5. The molecule has 0 saturated carbocycles. The first-order valence-electron chi connectivity index (χ1n) is 10.9. The first-order chi connectivity index (χ1) is 16.2. The molecule has 3 aromatic heterocycles. The average molecular weight is 436 g/mol. The van der Waals surface area contributed by atoms with Crippen molar-refractivity contribution in [2.75, 3.05) is 19.0 Å². The molecule has 5 aromatic rings. The Morgan fingerprint density at radius 1 is 0.909 bits per heavy atom. The molecule has 2 aromatic carbocycles. The maximum absolute atomic E-state index is 5.26. The summed E-state index contributed by atoms with van der Waals surface area (Å²) in [6.45, 7) is 2.69. The van der Waals surface area contributed by atoms with Crippen molar-refractivity contribution in [2.24, 2.45) is 0 Å². The molecular formula is C27H25N5O. The van der Waals surface area contributed by atoms with Crippen molar-refractivity contribution in [1.29, 1.82) is 0 Å². The Morgan fingerprint density at radius 2 is 1.73 bits per heavy atom. The van der Waals surface area contributed by atoms with E-state index in [1.807, 2.05) is 55.7 Å². The van der Waals surface area contributed by atoms with Gasteiger partial charge in [-0.25, -0.2) is 9.97 Å². The molecule has 0 saturated heterocycles. The fraction of sp³-hybridized carbons (Fsp3) is 0.148. The van der Waals surface area contributed by atoms with Crippen molar-refractivity contribution in [1.82, 2.24) is 19.9 Å². The highest BCUT2D eigenvalue weighted by Crippen LogP contribution is 2.27. The summed E-state index contributed by atoms with van der Waals surface area (Å²) in [6, 6.07) is 20.4. The summed E-state index contributed by atoms with van der Waals surface area (Å²) in [5.41, 5.74) is 6.36. The summed E-state index contributed by atoms with van der Waals surface area (Å²) in [7, 11) is 1.67. The minimum absolute atomic E-state index is 0.719. The number of nitrogens with one attached hydrogen (secondary N) is 2. The normalized spacial score (nSPS) is 11.0. The molecule has 0 amide bonds. The maximum atomic E-state index is 5.26. The predicted octanol–water partition coefficient (Wildman–Crippen LogP) is 5.66. The first kappa shape index (κ1) is 20.7. The van der Waals surface area contributed by atoms with Gasteiger partial charge >= 0.3 is 0 Å². The average Bonchev–Trinajstić information content (AvgIpc) is 3.27. The van der Waals surface area contributed by atoms with E-state index in [1.54, 1.807) is 7.11 Å². The number of hydrogen-bond donors (Lipinski definition) is 2. The third-order valence-corrected chi connectivity index (χ3v) is 5.67. The van der Waals surface area contributed by atoms with Crippen LogP contribution in [0, 0.1) is 6.92 Å². The second-order valence-corrected chi connectivity index (χ2v) is 7.91. The summed E-state index contributed by atoms with van der Waals surface area (Å²) in [5, 5.41) is 4.72. The van der Waals surface area contributed by atoms with Crippen molar-refractivity contribution < 1.29 is 4.74 Å². The number of aromatic amines is 1. The summed E-state index contributed by atoms with van der Waals surface area (Å²) in [6.07, 6.45) is 6.68. The molecule has 0 aliphatic carbocycles. The second-order valence-electron chi connectivity index (χ2n) is 7.91. The molecule has 6 nitrogen and oxygen atoms in total. The zero-order valence-electron chi connectivity index (χ0n) is 18.7. The van der Waals surface area contributed by atoms with E-state index in [0.29, 0.717) is 0 Å². The summed E-state index contributed by atoms with van der Waals surface area (Å²) >= 11 is 0. The van der Waals surface area contributed by atoms with E-state index < -0.39 is 0 Å². The van der Waals surface area contributed by atoms with E-state index in [9.17, 15) is 0 Å². The van der Waals surface area contributed by atoms with Gasteiger partial charge in [-0.05, 0) is 48.7 Å². The van der Waals surface area contributed by atoms with E-state index in [1.165, 1.54) is 10.9 Å². The Kier molecular flexibility index (Phi) is 5.72. The number of H-pyrrole nitrogens is 1. The van der Waals surface area contributed by atoms with E-state index in [2.05, 4.69) is 55.7 Å². The summed E-state index contributed by atoms with van der Waals surface area (Å²) in [4.78, 5) is 17.0. The van der Waals surface area contributed by atoms with Crippen LogP contribution >= 0.6 is 0 Å². The molecular weight excluding hydrogens is 410 g/mol. The molecule has 6 heteroatoms. The van der Waals surface area contributed by atoms with Gasteiger partial charge in [-0.15, -0.1) is 0 Å². The van der Waals surface area contributed by atoms with Gasteiger partial charge in [0.1, 0.15) is 17.4 Å². The molecule has 0 radical (unpaired) electrons. The van der Waals surface area contributed by atoms with Crippen molar-refractivity contribution in [3.63, 3.8) is 0 Å². The lowest BCUT2D eigenvalue weighted by Crippen LogP contribution is -2.07. The van der Waals surface area contributed by atoms with Gasteiger partial charge in [0.05, 0.1) is 12.8 Å². The van der Waals surface area contributed by atoms with E-state index in [4.69, 9.17) is 4.74 Å². The SMILES string of the molecule is COc1ccc(-c2cncc(-c3cc(NCCc4c[nH]c5ccccc45)nc(C)n3)c2)cc1. The molecule has 0 bridgehead atoms. The Bertz CT molecular complexity index is 1390. The van der Waals surface area contributed by atoms with Crippen molar-refractivity contribution in [3.05, 3.63) is 90.6 Å². The van der Waals surface area contributed by atoms with E-state index >= 15 is 0 Å². The number of pyridine rings is 1. The number of fused-ring (bicyclic) bond motifs is 1. The van der Waals surface area contributed by atoms with Crippen molar-refractivity contribution >= 4 is 16.7 Å². The zero-order valence-corrected chi connectivity index (χ0v) is 18.7. The predicted molar refractivity (Wildman–Crippen MR) is 132 cm³/mol. The van der Waals surface area contributed by atoms with Gasteiger partial charge < -0.3 is 15.0 Å². The van der Waals surface area contributed by atoms with Crippen LogP contribution in [-0.4, -0.2) is 33.6 Å². The molecule has 0 unspecified atom stereocenters. The molecule has 33 heavy (non-hydrogen) atoms. The number of ether oxygens (including phenoxy) is 1. The van der Waals surface area contributed by atoms with Gasteiger partial charge in [-0.2, -0.15) is 0 Å². The molecule has 0 atom stereocenters. The van der Waals surface area contributed by atoms with Gasteiger partial charge in [-0.1, -0.05) is 30.3 Å². The quantitative estimate of drug-likeness (QED) is 0.345. The molecule has 2 N–H and O–H groups in total. The first-order valence-corrected chi connectivity index (χ1v) is 10.9. The summed E-state index contributed by atoms with van der Waals surface area (Å²) in [5.74, 6) is 2.36. The van der Waals surface area contributed by atoms with Gasteiger partial charge in [0, 0.05) is 53.2 Å². The molecule has 164 valence electrons. The molecule has 3 heterocycles. The van der Waals surface area contributed by atoms with Crippen molar-refractivity contribution in [2.45, 2.75) is 13.3 Å². The van der Waals surface area contributed by atoms with Crippen LogP contribution in [0.5, 0.6) is 5.75 Å². The van der Waals surface area contributed by atoms with Gasteiger partial charge in [0.25, 0.3) is 0 Å². The molecule has 0 fully saturated rings. The number of hydrogen-bond acceptors (Lipinski definition) is 5. The fourth-order valence-corrected chi connectivity index (χ4v) is 3.99. The fourth-order valence-electron chi connectivity index (χ4n) is 3.99. The van der Waals surface area contributed by atoms with Crippen LogP contribution in [0.25, 0.3) is 33.3 Å². The van der Waals surface area contributed by atoms with Crippen LogP contribution in [-0.2, 0) is 6.42 Å². The van der Waals surface area contributed by atoms with Crippen LogP contribution in [0.2, 0.25) is 0 Å². The smallest absolute Gasteiger partial charge is 0.130 e. The number of anilines is 1. The number of nitrogens with zero attached hydrogens (tertiary/aromatic N) is 3. The second kappa shape index (κ2) is 9.12. The zero-order chi connectivity index (χ0) is 22.6. The Labute approximate surface area is 192 Å². The number of methoxy groups -OCH3 is 1. The van der Waals surface area contributed by atoms with Crippen molar-refractivity contribution in [3.8, 4) is 28.1 Å². The Morgan fingerprint density at radius 3 is 2.58 bits per heavy atom. The topological polar surface area (TPSA) is 75.7 Å². The maximum Gasteiger partial charge on any atom is 0.130 e. The lowest BCUT2D eigenvalue weighted by Gasteiger charge is -2.10. The third-order valence-electron chi connectivity index (χ3n) is 5.67. The molecule has 5 rings (SSSR count). The van der Waals surface area contributed by atoms with Crippen LogP contribution in [0.1, 0.15) is 11.4 Å². The highest BCUT2D eigenvalue weighted by molar-refractivity contribution is 5.83. The van der Waals surface area contributed by atoms with E-state index in [-0.39, 0.29) is 0 Å². The lowest BCUT2D eigenvalue weighted by molar-refractivity contribution is 0.415. The highest BCUT2D eigenvalue weighted by Gasteiger charge is 2.08. The number of rotatable bonds is 7. The third kappa shape index (κ3) is 4.55. The van der Waals surface area contributed by atoms with Gasteiger partial charge in [0.2, 0.25) is 0 Å². The number of aryl methyl sites for hydroxylation is 1. The number of aromatic nitrogens is 4. The lowest BCUT2D eigenvalue weighted by atomic mass is 10.0. The molecule has 0 spiro atoms. The van der Waals surface area contributed by atoms with Gasteiger partial charge in [-0.3, -0.25) is 4.98 Å². The molecule has 0 aliphatic heterocycles. The van der Waals surface area contributed by atoms with E-state index in [0.717, 1.165) is 58.3 Å². The standard InChI is InChI=1S/C27H25N5O/c1-18-31-26(22-13-21(15-28-16-22)19-7-9-23(33-2)10-8-19)14-27(32-18)29-12-11-20-17-30-25-6-4-3-5-24(20)25/h3-10,13-17,30H,11-12H2,1-2H3,(H,29,31,32).